The topological polar surface area (TPSA) is 26.0 Å². The first-order valence-corrected chi connectivity index (χ1v) is 3.49. The Morgan fingerprint density at radius 3 is 2.25 bits per heavy atom. The Labute approximate surface area is 61.8 Å². The van der Waals surface area contributed by atoms with Crippen molar-refractivity contribution in [3.05, 3.63) is 24.3 Å². The third kappa shape index (κ3) is 1.15. The average Bonchev–Trinajstić information content (AvgIpc) is 1.77. The molecule has 0 spiro atoms. The molecular formula is C6H6NTe. The van der Waals surface area contributed by atoms with Gasteiger partial charge in [0, 0.05) is 0 Å². The van der Waals surface area contributed by atoms with E-state index >= 15 is 0 Å². The first kappa shape index (κ1) is 5.94. The Bertz CT molecular complexity index is 165. The van der Waals surface area contributed by atoms with Crippen LogP contribution in [0, 0.1) is 0 Å². The van der Waals surface area contributed by atoms with E-state index in [9.17, 15) is 0 Å². The summed E-state index contributed by atoms with van der Waals surface area (Å²) in [5, 5.41) is 0. The molecule has 1 aromatic rings. The molecule has 0 aliphatic rings. The molecule has 1 aromatic carbocycles. The van der Waals surface area contributed by atoms with Crippen LogP contribution in [-0.4, -0.2) is 22.3 Å². The first-order chi connectivity index (χ1) is 3.80. The van der Waals surface area contributed by atoms with Crippen molar-refractivity contribution in [1.82, 2.24) is 0 Å². The molecule has 41 valence electrons. The van der Waals surface area contributed by atoms with Gasteiger partial charge < -0.3 is 0 Å². The molecule has 2 N–H and O–H groups in total. The molecule has 0 atom stereocenters. The van der Waals surface area contributed by atoms with Crippen molar-refractivity contribution in [3.63, 3.8) is 0 Å². The van der Waals surface area contributed by atoms with Crippen LogP contribution in [0.15, 0.2) is 24.3 Å². The molecule has 0 heterocycles. The minimum atomic E-state index is 0.873. The number of benzene rings is 1. The van der Waals surface area contributed by atoms with Crippen LogP contribution in [0.4, 0.5) is 5.69 Å². The number of rotatable bonds is 0. The maximum absolute atomic E-state index is 5.52. The molecule has 1 radical (unpaired) electrons. The van der Waals surface area contributed by atoms with Crippen LogP contribution >= 0.6 is 0 Å². The zero-order valence-corrected chi connectivity index (χ0v) is 6.63. The average molecular weight is 220 g/mol. The Hall–Kier alpha value is -0.190. The third-order valence-electron chi connectivity index (χ3n) is 0.919. The van der Waals surface area contributed by atoms with Gasteiger partial charge in [0.15, 0.2) is 0 Å². The molecule has 0 aliphatic heterocycles. The monoisotopic (exact) mass is 222 g/mol. The van der Waals surface area contributed by atoms with E-state index in [2.05, 4.69) is 0 Å². The second-order valence-electron chi connectivity index (χ2n) is 1.54. The zero-order valence-electron chi connectivity index (χ0n) is 4.29. The predicted molar refractivity (Wildman–Crippen MR) is 36.2 cm³/mol. The van der Waals surface area contributed by atoms with Crippen LogP contribution in [-0.2, 0) is 0 Å². The summed E-state index contributed by atoms with van der Waals surface area (Å²) in [5.74, 6) is 0. The van der Waals surface area contributed by atoms with Crippen LogP contribution in [0.3, 0.4) is 0 Å². The summed E-state index contributed by atoms with van der Waals surface area (Å²) in [5.41, 5.74) is 6.39. The van der Waals surface area contributed by atoms with E-state index in [0.717, 1.165) is 9.30 Å². The van der Waals surface area contributed by atoms with Crippen molar-refractivity contribution in [1.29, 1.82) is 0 Å². The quantitative estimate of drug-likeness (QED) is 0.485. The molecular weight excluding hydrogens is 214 g/mol. The van der Waals surface area contributed by atoms with E-state index in [1.807, 2.05) is 46.6 Å². The molecule has 0 amide bonds. The van der Waals surface area contributed by atoms with Crippen LogP contribution in [0.25, 0.3) is 0 Å². The fraction of sp³-hybridized carbons (Fsp3) is 0. The minimum absolute atomic E-state index is 0.873. The van der Waals surface area contributed by atoms with Crippen molar-refractivity contribution in [2.75, 3.05) is 5.73 Å². The first-order valence-electron chi connectivity index (χ1n) is 2.32. The van der Waals surface area contributed by atoms with Gasteiger partial charge in [0.1, 0.15) is 0 Å². The summed E-state index contributed by atoms with van der Waals surface area (Å²) in [4.78, 5) is 0. The molecule has 0 aliphatic carbocycles. The van der Waals surface area contributed by atoms with Gasteiger partial charge in [-0.1, -0.05) is 0 Å². The number of hydrogen-bond donors (Lipinski definition) is 1. The molecule has 0 fully saturated rings. The van der Waals surface area contributed by atoms with E-state index in [1.165, 1.54) is 0 Å². The molecule has 0 saturated heterocycles. The summed E-state index contributed by atoms with van der Waals surface area (Å²) in [6.07, 6.45) is 0. The van der Waals surface area contributed by atoms with Gasteiger partial charge in [-0.05, 0) is 0 Å². The molecule has 0 aromatic heterocycles. The van der Waals surface area contributed by atoms with E-state index in [4.69, 9.17) is 5.73 Å². The van der Waals surface area contributed by atoms with Gasteiger partial charge in [-0.3, -0.25) is 0 Å². The summed E-state index contributed by atoms with van der Waals surface area (Å²) in [6.45, 7) is 0. The SMILES string of the molecule is Nc1ccccc1[Te]. The van der Waals surface area contributed by atoms with Gasteiger partial charge in [-0.25, -0.2) is 0 Å². The van der Waals surface area contributed by atoms with Gasteiger partial charge in [0.2, 0.25) is 0 Å². The van der Waals surface area contributed by atoms with Crippen LogP contribution in [0.5, 0.6) is 0 Å². The summed E-state index contributed by atoms with van der Waals surface area (Å²) < 4.78 is 1.16. The van der Waals surface area contributed by atoms with Crippen LogP contribution in [0.1, 0.15) is 0 Å². The zero-order chi connectivity index (χ0) is 5.98. The van der Waals surface area contributed by atoms with Crippen molar-refractivity contribution >= 4 is 31.6 Å². The molecule has 1 nitrogen and oxygen atoms in total. The molecule has 0 saturated carbocycles. The van der Waals surface area contributed by atoms with Crippen molar-refractivity contribution in [2.45, 2.75) is 0 Å². The number of nitrogens with two attached hydrogens (primary N) is 1. The normalized spacial score (nSPS) is 9.00. The predicted octanol–water partition coefficient (Wildman–Crippen LogP) is 0.0626. The Kier molecular flexibility index (Phi) is 1.77. The Morgan fingerprint density at radius 1 is 1.25 bits per heavy atom. The second kappa shape index (κ2) is 2.39. The van der Waals surface area contributed by atoms with Gasteiger partial charge in [-0.15, -0.1) is 0 Å². The second-order valence-corrected chi connectivity index (χ2v) is 2.79. The fourth-order valence-electron chi connectivity index (χ4n) is 0.481. The Balaban J connectivity index is 3.13. The van der Waals surface area contributed by atoms with Crippen molar-refractivity contribution in [2.24, 2.45) is 0 Å². The third-order valence-corrected chi connectivity index (χ3v) is 1.98. The maximum atomic E-state index is 5.52. The number of para-hydroxylation sites is 1. The summed E-state index contributed by atoms with van der Waals surface area (Å²) >= 11 is 1.93. The standard InChI is InChI=1S/C6H6NTe/c7-5-3-1-2-4-6(5)8/h1-4H,7H2. The fourth-order valence-corrected chi connectivity index (χ4v) is 0.899. The van der Waals surface area contributed by atoms with Crippen LogP contribution in [0.2, 0.25) is 0 Å². The molecule has 0 bridgehead atoms. The summed E-state index contributed by atoms with van der Waals surface area (Å²) in [7, 11) is 0. The van der Waals surface area contributed by atoms with Gasteiger partial charge in [-0.2, -0.15) is 0 Å². The van der Waals surface area contributed by atoms with Gasteiger partial charge >= 0.3 is 61.6 Å². The van der Waals surface area contributed by atoms with Gasteiger partial charge in [0.05, 0.1) is 0 Å². The Morgan fingerprint density at radius 2 is 1.88 bits per heavy atom. The van der Waals surface area contributed by atoms with E-state index < -0.39 is 0 Å². The number of nitrogen functional groups attached to an aromatic ring is 1. The van der Waals surface area contributed by atoms with E-state index in [-0.39, 0.29) is 0 Å². The van der Waals surface area contributed by atoms with Gasteiger partial charge in [0.25, 0.3) is 0 Å². The molecule has 1 rings (SSSR count). The number of hydrogen-bond acceptors (Lipinski definition) is 1. The molecule has 0 unspecified atom stereocenters. The van der Waals surface area contributed by atoms with Crippen molar-refractivity contribution in [3.8, 4) is 0 Å². The summed E-state index contributed by atoms with van der Waals surface area (Å²) in [6, 6.07) is 7.82. The van der Waals surface area contributed by atoms with Crippen molar-refractivity contribution < 1.29 is 0 Å². The van der Waals surface area contributed by atoms with Crippen LogP contribution < -0.4 is 9.35 Å². The van der Waals surface area contributed by atoms with E-state index in [0.29, 0.717) is 0 Å². The molecule has 2 heteroatoms. The van der Waals surface area contributed by atoms with E-state index in [1.54, 1.807) is 0 Å². The number of anilines is 1. The molecule has 8 heavy (non-hydrogen) atoms.